The maximum Gasteiger partial charge on any atom is 0.351 e. The number of ether oxygens (including phenoxy) is 4. The minimum Gasteiger partial charge on any atom is -0.497 e. The van der Waals surface area contributed by atoms with Gasteiger partial charge in [0.05, 0.1) is 7.11 Å². The van der Waals surface area contributed by atoms with Crippen molar-refractivity contribution in [1.82, 2.24) is 0 Å². The summed E-state index contributed by atoms with van der Waals surface area (Å²) in [5.74, 6) is 0.536. The van der Waals surface area contributed by atoms with Crippen LogP contribution in [0.25, 0.3) is 0 Å². The Balaban J connectivity index is 1.50. The molecule has 0 saturated carbocycles. The minimum atomic E-state index is -0.903. The summed E-state index contributed by atoms with van der Waals surface area (Å²) < 4.78 is 21.0. The van der Waals surface area contributed by atoms with Gasteiger partial charge in [-0.3, -0.25) is 4.79 Å². The third-order valence-electron chi connectivity index (χ3n) is 3.47. The van der Waals surface area contributed by atoms with Crippen molar-refractivity contribution in [3.05, 3.63) is 48.5 Å². The SMILES string of the molecule is COc1cccc(NC(=O)COC(=O)[C@H]2COc3ccccc3O2)c1. The van der Waals surface area contributed by atoms with Gasteiger partial charge in [0, 0.05) is 11.8 Å². The molecule has 0 bridgehead atoms. The van der Waals surface area contributed by atoms with Crippen LogP contribution in [-0.2, 0) is 14.3 Å². The van der Waals surface area contributed by atoms with Crippen LogP contribution in [0.2, 0.25) is 0 Å². The van der Waals surface area contributed by atoms with Gasteiger partial charge in [-0.2, -0.15) is 0 Å². The molecule has 0 saturated heterocycles. The highest BCUT2D eigenvalue weighted by Crippen LogP contribution is 2.31. The van der Waals surface area contributed by atoms with Crippen molar-refractivity contribution in [3.63, 3.8) is 0 Å². The zero-order valence-electron chi connectivity index (χ0n) is 13.6. The summed E-state index contributed by atoms with van der Waals surface area (Å²) in [4.78, 5) is 23.9. The van der Waals surface area contributed by atoms with Gasteiger partial charge >= 0.3 is 5.97 Å². The summed E-state index contributed by atoms with van der Waals surface area (Å²) in [6, 6.07) is 13.9. The first-order valence-corrected chi connectivity index (χ1v) is 7.65. The molecule has 7 nitrogen and oxygen atoms in total. The third kappa shape index (κ3) is 4.20. The first kappa shape index (κ1) is 16.6. The molecular formula is C18H17NO6. The largest absolute Gasteiger partial charge is 0.497 e. The second kappa shape index (κ2) is 7.57. The Kier molecular flexibility index (Phi) is 5.03. The molecular weight excluding hydrogens is 326 g/mol. The number of methoxy groups -OCH3 is 1. The number of carbonyl (C=O) groups excluding carboxylic acids is 2. The molecule has 3 rings (SSSR count). The Labute approximate surface area is 144 Å². The fourth-order valence-corrected chi connectivity index (χ4v) is 2.26. The van der Waals surface area contributed by atoms with Crippen molar-refractivity contribution < 1.29 is 28.5 Å². The number of benzene rings is 2. The number of amides is 1. The summed E-state index contributed by atoms with van der Waals surface area (Å²) in [6.45, 7) is -0.384. The molecule has 7 heteroatoms. The van der Waals surface area contributed by atoms with E-state index in [1.54, 1.807) is 42.5 Å². The lowest BCUT2D eigenvalue weighted by molar-refractivity contribution is -0.156. The topological polar surface area (TPSA) is 83.1 Å². The number of hydrogen-bond acceptors (Lipinski definition) is 6. The van der Waals surface area contributed by atoms with E-state index in [0.29, 0.717) is 22.9 Å². The van der Waals surface area contributed by atoms with Gasteiger partial charge in [-0.05, 0) is 24.3 Å². The number of rotatable bonds is 5. The maximum absolute atomic E-state index is 12.0. The summed E-state index contributed by atoms with van der Waals surface area (Å²) in [7, 11) is 1.53. The molecule has 1 aliphatic rings. The van der Waals surface area contributed by atoms with Crippen LogP contribution < -0.4 is 19.5 Å². The lowest BCUT2D eigenvalue weighted by Gasteiger charge is -2.24. The lowest BCUT2D eigenvalue weighted by atomic mass is 10.2. The van der Waals surface area contributed by atoms with E-state index in [0.717, 1.165) is 0 Å². The van der Waals surface area contributed by atoms with E-state index in [9.17, 15) is 9.59 Å². The Morgan fingerprint density at radius 2 is 1.96 bits per heavy atom. The van der Waals surface area contributed by atoms with Gasteiger partial charge in [0.1, 0.15) is 12.4 Å². The molecule has 0 aliphatic carbocycles. The average Bonchev–Trinajstić information content (AvgIpc) is 2.65. The quantitative estimate of drug-likeness (QED) is 0.836. The standard InChI is InChI=1S/C18H17NO6/c1-22-13-6-4-5-12(9-13)19-17(20)11-24-18(21)16-10-23-14-7-2-3-8-15(14)25-16/h2-9,16H,10-11H2,1H3,(H,19,20)/t16-/m1/s1. The molecule has 2 aromatic rings. The zero-order valence-corrected chi connectivity index (χ0v) is 13.6. The molecule has 130 valence electrons. The van der Waals surface area contributed by atoms with Crippen LogP contribution in [0.5, 0.6) is 17.2 Å². The van der Waals surface area contributed by atoms with Gasteiger partial charge < -0.3 is 24.3 Å². The number of fused-ring (bicyclic) bond motifs is 1. The Morgan fingerprint density at radius 1 is 1.16 bits per heavy atom. The fourth-order valence-electron chi connectivity index (χ4n) is 2.26. The highest BCUT2D eigenvalue weighted by molar-refractivity contribution is 5.93. The Hall–Kier alpha value is -3.22. The summed E-state index contributed by atoms with van der Waals surface area (Å²) in [6.07, 6.45) is -0.903. The number of hydrogen-bond donors (Lipinski definition) is 1. The Morgan fingerprint density at radius 3 is 2.76 bits per heavy atom. The number of esters is 1. The van der Waals surface area contributed by atoms with E-state index in [4.69, 9.17) is 18.9 Å². The van der Waals surface area contributed by atoms with Crippen molar-refractivity contribution in [2.45, 2.75) is 6.10 Å². The monoisotopic (exact) mass is 343 g/mol. The summed E-state index contributed by atoms with van der Waals surface area (Å²) >= 11 is 0. The molecule has 0 fully saturated rings. The molecule has 1 amide bonds. The van der Waals surface area contributed by atoms with Crippen LogP contribution in [-0.4, -0.2) is 38.3 Å². The van der Waals surface area contributed by atoms with Crippen LogP contribution in [0, 0.1) is 0 Å². The van der Waals surface area contributed by atoms with E-state index in [-0.39, 0.29) is 6.61 Å². The maximum atomic E-state index is 12.0. The zero-order chi connectivity index (χ0) is 17.6. The van der Waals surface area contributed by atoms with E-state index in [1.165, 1.54) is 7.11 Å². The van der Waals surface area contributed by atoms with Gasteiger partial charge in [0.25, 0.3) is 5.91 Å². The lowest BCUT2D eigenvalue weighted by Crippen LogP contribution is -2.39. The molecule has 2 aromatic carbocycles. The molecule has 1 heterocycles. The summed E-state index contributed by atoms with van der Waals surface area (Å²) in [5, 5.41) is 2.62. The smallest absolute Gasteiger partial charge is 0.351 e. The number of carbonyl (C=O) groups is 2. The molecule has 1 N–H and O–H groups in total. The predicted octanol–water partition coefficient (Wildman–Crippen LogP) is 2.02. The van der Waals surface area contributed by atoms with Crippen LogP contribution in [0.1, 0.15) is 0 Å². The predicted molar refractivity (Wildman–Crippen MR) is 88.9 cm³/mol. The highest BCUT2D eigenvalue weighted by Gasteiger charge is 2.29. The van der Waals surface area contributed by atoms with E-state index >= 15 is 0 Å². The van der Waals surface area contributed by atoms with Crippen molar-refractivity contribution in [1.29, 1.82) is 0 Å². The minimum absolute atomic E-state index is 0.0351. The first-order valence-electron chi connectivity index (χ1n) is 7.65. The van der Waals surface area contributed by atoms with Crippen LogP contribution in [0.3, 0.4) is 0 Å². The fraction of sp³-hybridized carbons (Fsp3) is 0.222. The molecule has 0 spiro atoms. The van der Waals surface area contributed by atoms with Gasteiger partial charge in [0.15, 0.2) is 18.1 Å². The average molecular weight is 343 g/mol. The molecule has 25 heavy (non-hydrogen) atoms. The number of nitrogens with one attached hydrogen (secondary N) is 1. The van der Waals surface area contributed by atoms with Gasteiger partial charge in [-0.1, -0.05) is 18.2 Å². The Bertz CT molecular complexity index is 776. The van der Waals surface area contributed by atoms with Crippen molar-refractivity contribution >= 4 is 17.6 Å². The molecule has 0 aromatic heterocycles. The van der Waals surface area contributed by atoms with Crippen molar-refractivity contribution in [2.24, 2.45) is 0 Å². The van der Waals surface area contributed by atoms with Crippen LogP contribution in [0.15, 0.2) is 48.5 Å². The van der Waals surface area contributed by atoms with Gasteiger partial charge in [0.2, 0.25) is 6.10 Å². The second-order valence-corrected chi connectivity index (χ2v) is 5.25. The highest BCUT2D eigenvalue weighted by atomic mass is 16.6. The third-order valence-corrected chi connectivity index (χ3v) is 3.47. The van der Waals surface area contributed by atoms with Crippen LogP contribution >= 0.6 is 0 Å². The second-order valence-electron chi connectivity index (χ2n) is 5.25. The summed E-state index contributed by atoms with van der Waals surface area (Å²) in [5.41, 5.74) is 0.548. The molecule has 0 unspecified atom stereocenters. The number of anilines is 1. The number of para-hydroxylation sites is 2. The van der Waals surface area contributed by atoms with E-state index in [2.05, 4.69) is 5.32 Å². The van der Waals surface area contributed by atoms with Crippen molar-refractivity contribution in [3.8, 4) is 17.2 Å². The first-order chi connectivity index (χ1) is 12.2. The molecule has 1 aliphatic heterocycles. The van der Waals surface area contributed by atoms with E-state index in [1.807, 2.05) is 6.07 Å². The van der Waals surface area contributed by atoms with E-state index < -0.39 is 24.6 Å². The van der Waals surface area contributed by atoms with Crippen molar-refractivity contribution in [2.75, 3.05) is 25.6 Å². The molecule has 0 radical (unpaired) electrons. The van der Waals surface area contributed by atoms with Gasteiger partial charge in [-0.15, -0.1) is 0 Å². The van der Waals surface area contributed by atoms with Crippen LogP contribution in [0.4, 0.5) is 5.69 Å². The normalized spacial score (nSPS) is 15.2. The molecule has 1 atom stereocenters. The van der Waals surface area contributed by atoms with Gasteiger partial charge in [-0.25, -0.2) is 4.79 Å².